The minimum absolute atomic E-state index is 0.00243. The van der Waals surface area contributed by atoms with E-state index in [1.54, 1.807) is 0 Å². The summed E-state index contributed by atoms with van der Waals surface area (Å²) in [4.78, 5) is 0. The Morgan fingerprint density at radius 2 is 1.26 bits per heavy atom. The Hall–Kier alpha value is -2.38. The molecule has 3 aromatic rings. The van der Waals surface area contributed by atoms with Gasteiger partial charge in [-0.3, -0.25) is 0 Å². The molecule has 1 fully saturated rings. The van der Waals surface area contributed by atoms with E-state index < -0.39 is 6.10 Å². The second-order valence-corrected chi connectivity index (χ2v) is 6.73. The van der Waals surface area contributed by atoms with Crippen LogP contribution in [0.1, 0.15) is 29.2 Å². The number of hydrogen-bond donors (Lipinski definition) is 1. The lowest BCUT2D eigenvalue weighted by Gasteiger charge is -2.18. The van der Waals surface area contributed by atoms with Crippen LogP contribution in [0.25, 0.3) is 11.1 Å². The van der Waals surface area contributed by atoms with Crippen molar-refractivity contribution >= 4 is 0 Å². The van der Waals surface area contributed by atoms with Crippen molar-refractivity contribution in [2.45, 2.75) is 17.9 Å². The number of hydrogen-bond acceptors (Lipinski definition) is 1. The molecular weight excluding hydrogens is 280 g/mol. The lowest BCUT2D eigenvalue weighted by Crippen LogP contribution is -2.13. The van der Waals surface area contributed by atoms with Crippen molar-refractivity contribution < 1.29 is 5.11 Å². The second-order valence-electron chi connectivity index (χ2n) is 6.73. The third-order valence-electron chi connectivity index (χ3n) is 5.64. The monoisotopic (exact) mass is 298 g/mol. The number of aliphatic hydroxyl groups is 1. The first-order chi connectivity index (χ1) is 11.3. The molecule has 2 atom stereocenters. The van der Waals surface area contributed by atoms with E-state index in [-0.39, 0.29) is 11.3 Å². The Morgan fingerprint density at radius 3 is 1.87 bits per heavy atom. The molecule has 1 N–H and O–H groups in total. The van der Waals surface area contributed by atoms with Crippen molar-refractivity contribution in [1.82, 2.24) is 0 Å². The van der Waals surface area contributed by atoms with Gasteiger partial charge in [0.1, 0.15) is 0 Å². The Balaban J connectivity index is 1.65. The minimum atomic E-state index is -0.407. The average molecular weight is 298 g/mol. The van der Waals surface area contributed by atoms with Crippen LogP contribution in [0.2, 0.25) is 0 Å². The van der Waals surface area contributed by atoms with E-state index >= 15 is 0 Å². The van der Waals surface area contributed by atoms with Gasteiger partial charge in [-0.25, -0.2) is 0 Å². The number of aliphatic hydroxyl groups excluding tert-OH is 1. The van der Waals surface area contributed by atoms with Gasteiger partial charge in [-0.05, 0) is 34.2 Å². The van der Waals surface area contributed by atoms with E-state index in [2.05, 4.69) is 48.5 Å². The largest absolute Gasteiger partial charge is 0.388 e. The molecule has 23 heavy (non-hydrogen) atoms. The van der Waals surface area contributed by atoms with Gasteiger partial charge in [-0.1, -0.05) is 78.9 Å². The summed E-state index contributed by atoms with van der Waals surface area (Å²) in [6.07, 6.45) is 0.618. The first kappa shape index (κ1) is 13.1. The lowest BCUT2D eigenvalue weighted by atomic mass is 9.88. The highest BCUT2D eigenvalue weighted by molar-refractivity contribution is 5.83. The van der Waals surface area contributed by atoms with Crippen molar-refractivity contribution in [3.63, 3.8) is 0 Å². The normalized spacial score (nSPS) is 20.8. The van der Waals surface area contributed by atoms with Crippen LogP contribution in [0.5, 0.6) is 0 Å². The molecule has 0 amide bonds. The molecule has 1 spiro atoms. The third-order valence-corrected chi connectivity index (χ3v) is 5.64. The maximum absolute atomic E-state index is 10.9. The fourth-order valence-electron chi connectivity index (χ4n) is 4.53. The van der Waals surface area contributed by atoms with Gasteiger partial charge in [0.2, 0.25) is 0 Å². The molecule has 0 radical (unpaired) electrons. The molecule has 112 valence electrons. The van der Waals surface area contributed by atoms with Gasteiger partial charge in [0.05, 0.1) is 6.10 Å². The molecule has 0 aromatic heterocycles. The molecule has 5 rings (SSSR count). The predicted molar refractivity (Wildman–Crippen MR) is 92.2 cm³/mol. The fraction of sp³-hybridized carbons (Fsp3) is 0.182. The van der Waals surface area contributed by atoms with Crippen molar-refractivity contribution in [1.29, 1.82) is 0 Å². The molecule has 1 nitrogen and oxygen atoms in total. The molecule has 0 bridgehead atoms. The topological polar surface area (TPSA) is 20.2 Å². The summed E-state index contributed by atoms with van der Waals surface area (Å²) in [5, 5.41) is 10.9. The molecule has 1 heteroatoms. The summed E-state index contributed by atoms with van der Waals surface area (Å²) in [7, 11) is 0. The highest BCUT2D eigenvalue weighted by Gasteiger charge is 2.63. The average Bonchev–Trinajstić information content (AvgIpc) is 3.31. The van der Waals surface area contributed by atoms with Crippen LogP contribution in [-0.4, -0.2) is 5.11 Å². The smallest absolute Gasteiger partial charge is 0.0830 e. The fourth-order valence-corrected chi connectivity index (χ4v) is 4.53. The highest BCUT2D eigenvalue weighted by atomic mass is 16.3. The Morgan fingerprint density at radius 1 is 0.739 bits per heavy atom. The van der Waals surface area contributed by atoms with Crippen LogP contribution in [0.15, 0.2) is 78.9 Å². The summed E-state index contributed by atoms with van der Waals surface area (Å²) in [6, 6.07) is 27.5. The molecule has 1 saturated carbocycles. The molecule has 0 unspecified atom stereocenters. The molecule has 2 aliphatic rings. The van der Waals surface area contributed by atoms with E-state index in [9.17, 15) is 5.11 Å². The summed E-state index contributed by atoms with van der Waals surface area (Å²) in [5.41, 5.74) is 6.48. The summed E-state index contributed by atoms with van der Waals surface area (Å²) in [6.45, 7) is 0. The van der Waals surface area contributed by atoms with E-state index in [4.69, 9.17) is 0 Å². The van der Waals surface area contributed by atoms with E-state index in [1.165, 1.54) is 22.3 Å². The number of benzene rings is 3. The van der Waals surface area contributed by atoms with Crippen LogP contribution in [0.3, 0.4) is 0 Å². The van der Waals surface area contributed by atoms with Gasteiger partial charge in [0, 0.05) is 11.3 Å². The maximum Gasteiger partial charge on any atom is 0.0830 e. The van der Waals surface area contributed by atoms with Crippen LogP contribution in [0, 0.1) is 5.92 Å². The summed E-state index contributed by atoms with van der Waals surface area (Å²) in [5.74, 6) is 0.259. The van der Waals surface area contributed by atoms with Gasteiger partial charge >= 0.3 is 0 Å². The van der Waals surface area contributed by atoms with Crippen molar-refractivity contribution in [3.8, 4) is 11.1 Å². The van der Waals surface area contributed by atoms with Gasteiger partial charge < -0.3 is 5.11 Å². The molecule has 0 aliphatic heterocycles. The second kappa shape index (κ2) is 4.56. The minimum Gasteiger partial charge on any atom is -0.388 e. The molecular formula is C22H18O. The van der Waals surface area contributed by atoms with E-state index in [0.717, 1.165) is 12.0 Å². The summed E-state index contributed by atoms with van der Waals surface area (Å²) >= 11 is 0. The SMILES string of the molecule is O[C@@H](c1ccccc1)[C@H]1CC12c1ccccc1-c1ccccc12. The quantitative estimate of drug-likeness (QED) is 0.726. The Labute approximate surface area is 136 Å². The number of fused-ring (bicyclic) bond motifs is 5. The van der Waals surface area contributed by atoms with Crippen molar-refractivity contribution in [2.75, 3.05) is 0 Å². The van der Waals surface area contributed by atoms with Crippen LogP contribution in [0.4, 0.5) is 0 Å². The van der Waals surface area contributed by atoms with E-state index in [1.807, 2.05) is 30.3 Å². The molecule has 0 heterocycles. The van der Waals surface area contributed by atoms with E-state index in [0.29, 0.717) is 0 Å². The zero-order chi connectivity index (χ0) is 15.4. The lowest BCUT2D eigenvalue weighted by molar-refractivity contribution is 0.146. The van der Waals surface area contributed by atoms with Gasteiger partial charge in [-0.15, -0.1) is 0 Å². The number of rotatable bonds is 2. The summed E-state index contributed by atoms with van der Waals surface area (Å²) < 4.78 is 0. The third kappa shape index (κ3) is 1.66. The standard InChI is InChI=1S/C22H18O/c23-21(15-8-2-1-3-9-15)20-14-22(20)18-12-6-4-10-16(18)17-11-5-7-13-19(17)22/h1-13,20-21,23H,14H2/t20-,21+/m1/s1. The van der Waals surface area contributed by atoms with Crippen LogP contribution >= 0.6 is 0 Å². The van der Waals surface area contributed by atoms with Gasteiger partial charge in [0.25, 0.3) is 0 Å². The van der Waals surface area contributed by atoms with Crippen molar-refractivity contribution in [2.24, 2.45) is 5.92 Å². The molecule has 3 aromatic carbocycles. The predicted octanol–water partition coefficient (Wildman–Crippen LogP) is 4.71. The van der Waals surface area contributed by atoms with Gasteiger partial charge in [0.15, 0.2) is 0 Å². The Bertz CT molecular complexity index is 836. The van der Waals surface area contributed by atoms with Crippen LogP contribution < -0.4 is 0 Å². The first-order valence-electron chi connectivity index (χ1n) is 8.25. The maximum atomic E-state index is 10.9. The van der Waals surface area contributed by atoms with Crippen molar-refractivity contribution in [3.05, 3.63) is 95.6 Å². The zero-order valence-electron chi connectivity index (χ0n) is 12.8. The Kier molecular flexibility index (Phi) is 2.60. The first-order valence-corrected chi connectivity index (χ1v) is 8.25. The molecule has 2 aliphatic carbocycles. The molecule has 0 saturated heterocycles. The highest BCUT2D eigenvalue weighted by Crippen LogP contribution is 2.69. The van der Waals surface area contributed by atoms with Gasteiger partial charge in [-0.2, -0.15) is 0 Å². The van der Waals surface area contributed by atoms with Crippen LogP contribution in [-0.2, 0) is 5.41 Å². The zero-order valence-corrected chi connectivity index (χ0v) is 12.8.